The molecule has 0 aliphatic rings. The van der Waals surface area contributed by atoms with Gasteiger partial charge in [0.05, 0.1) is 42.7 Å². The first-order chi connectivity index (χ1) is 13.6. The average Bonchev–Trinajstić information content (AvgIpc) is 2.66. The molecule has 0 aliphatic carbocycles. The van der Waals surface area contributed by atoms with Crippen molar-refractivity contribution in [3.63, 3.8) is 0 Å². The zero-order valence-electron chi connectivity index (χ0n) is 15.9. The molecule has 1 N–H and O–H groups in total. The highest BCUT2D eigenvalue weighted by Crippen LogP contribution is 2.31. The summed E-state index contributed by atoms with van der Waals surface area (Å²) in [5.74, 6) is -1.72. The molecular weight excluding hydrogens is 486 g/mol. The van der Waals surface area contributed by atoms with E-state index in [0.717, 1.165) is 5.56 Å². The summed E-state index contributed by atoms with van der Waals surface area (Å²) in [6.07, 6.45) is -0.0930. The Labute approximate surface area is 182 Å². The lowest BCUT2D eigenvalue weighted by atomic mass is 10.1. The Morgan fingerprint density at radius 3 is 2.45 bits per heavy atom. The molecule has 29 heavy (non-hydrogen) atoms. The minimum absolute atomic E-state index is 0.0767. The van der Waals surface area contributed by atoms with E-state index in [-0.39, 0.29) is 32.7 Å². The monoisotopic (exact) mass is 503 g/mol. The molecule has 0 fully saturated rings. The molecule has 0 bridgehead atoms. The van der Waals surface area contributed by atoms with Crippen molar-refractivity contribution >= 4 is 55.2 Å². The van der Waals surface area contributed by atoms with Crippen molar-refractivity contribution in [1.29, 1.82) is 0 Å². The first-order valence-corrected chi connectivity index (χ1v) is 11.1. The minimum atomic E-state index is -3.97. The molecule has 2 rings (SSSR count). The SMILES string of the molecule is COC(=O)Cc1cc(C)ccc1NS(=O)(=O)Cc1c(C(=O)OC)ccc(Cl)c1Br. The van der Waals surface area contributed by atoms with Crippen molar-refractivity contribution < 1.29 is 27.5 Å². The van der Waals surface area contributed by atoms with Gasteiger partial charge in [-0.2, -0.15) is 0 Å². The second-order valence-electron chi connectivity index (χ2n) is 6.15. The van der Waals surface area contributed by atoms with Crippen LogP contribution in [0.1, 0.15) is 27.0 Å². The fourth-order valence-electron chi connectivity index (χ4n) is 2.62. The Kier molecular flexibility index (Phi) is 7.67. The molecular formula is C19H19BrClNO6S. The zero-order valence-corrected chi connectivity index (χ0v) is 19.1. The summed E-state index contributed by atoms with van der Waals surface area (Å²) in [7, 11) is -1.51. The number of rotatable bonds is 7. The molecule has 0 saturated heterocycles. The van der Waals surface area contributed by atoms with Crippen LogP contribution in [0, 0.1) is 6.92 Å². The fourth-order valence-corrected chi connectivity index (χ4v) is 4.76. The number of benzene rings is 2. The number of nitrogens with one attached hydrogen (secondary N) is 1. The lowest BCUT2D eigenvalue weighted by Crippen LogP contribution is -2.19. The van der Waals surface area contributed by atoms with E-state index in [0.29, 0.717) is 5.56 Å². The van der Waals surface area contributed by atoms with Gasteiger partial charge in [-0.1, -0.05) is 29.3 Å². The van der Waals surface area contributed by atoms with Gasteiger partial charge in [-0.25, -0.2) is 13.2 Å². The van der Waals surface area contributed by atoms with Gasteiger partial charge in [-0.15, -0.1) is 0 Å². The second-order valence-corrected chi connectivity index (χ2v) is 9.08. The third-order valence-corrected chi connectivity index (χ3v) is 6.67. The quantitative estimate of drug-likeness (QED) is 0.575. The summed E-state index contributed by atoms with van der Waals surface area (Å²) >= 11 is 9.31. The molecule has 0 saturated carbocycles. The summed E-state index contributed by atoms with van der Waals surface area (Å²) < 4.78 is 37.8. The van der Waals surface area contributed by atoms with E-state index >= 15 is 0 Å². The van der Waals surface area contributed by atoms with E-state index in [2.05, 4.69) is 25.4 Å². The summed E-state index contributed by atoms with van der Waals surface area (Å²) in [6, 6.07) is 7.85. The Hall–Kier alpha value is -2.10. The molecule has 2 aromatic rings. The second kappa shape index (κ2) is 9.60. The zero-order chi connectivity index (χ0) is 21.8. The molecule has 0 spiro atoms. The van der Waals surface area contributed by atoms with Gasteiger partial charge in [-0.3, -0.25) is 9.52 Å². The van der Waals surface area contributed by atoms with Crippen LogP contribution in [-0.4, -0.2) is 34.6 Å². The number of sulfonamides is 1. The third-order valence-electron chi connectivity index (χ3n) is 4.02. The average molecular weight is 505 g/mol. The highest BCUT2D eigenvalue weighted by molar-refractivity contribution is 9.10. The minimum Gasteiger partial charge on any atom is -0.469 e. The maximum atomic E-state index is 12.8. The van der Waals surface area contributed by atoms with Gasteiger partial charge in [0.1, 0.15) is 0 Å². The van der Waals surface area contributed by atoms with Crippen molar-refractivity contribution in [2.24, 2.45) is 0 Å². The summed E-state index contributed by atoms with van der Waals surface area (Å²) in [6.45, 7) is 1.82. The Bertz CT molecular complexity index is 1050. The van der Waals surface area contributed by atoms with Gasteiger partial charge in [0.25, 0.3) is 0 Å². The summed E-state index contributed by atoms with van der Waals surface area (Å²) in [5, 5.41) is 0.254. The van der Waals surface area contributed by atoms with Crippen molar-refractivity contribution in [3.05, 3.63) is 62.1 Å². The number of carbonyl (C=O) groups is 2. The molecule has 0 heterocycles. The van der Waals surface area contributed by atoms with Gasteiger partial charge in [0.2, 0.25) is 10.0 Å². The van der Waals surface area contributed by atoms with Crippen molar-refractivity contribution in [2.45, 2.75) is 19.1 Å². The number of ether oxygens (including phenoxy) is 2. The predicted molar refractivity (Wildman–Crippen MR) is 114 cm³/mol. The van der Waals surface area contributed by atoms with Crippen LogP contribution in [0.2, 0.25) is 5.02 Å². The van der Waals surface area contributed by atoms with E-state index in [9.17, 15) is 18.0 Å². The highest BCUT2D eigenvalue weighted by atomic mass is 79.9. The molecule has 156 valence electrons. The standard InChI is InChI=1S/C19H19BrClNO6S/c1-11-4-7-16(12(8-11)9-17(23)27-2)22-29(25,26)10-14-13(19(24)28-3)5-6-15(21)18(14)20/h4-8,22H,9-10H2,1-3H3. The number of esters is 2. The van der Waals surface area contributed by atoms with Gasteiger partial charge in [-0.05, 0) is 52.2 Å². The van der Waals surface area contributed by atoms with Crippen LogP contribution in [0.5, 0.6) is 0 Å². The van der Waals surface area contributed by atoms with Crippen molar-refractivity contribution in [1.82, 2.24) is 0 Å². The van der Waals surface area contributed by atoms with Crippen LogP contribution in [0.3, 0.4) is 0 Å². The van der Waals surface area contributed by atoms with Crippen molar-refractivity contribution in [3.8, 4) is 0 Å². The Morgan fingerprint density at radius 2 is 1.83 bits per heavy atom. The number of halogens is 2. The van der Waals surface area contributed by atoms with Crippen molar-refractivity contribution in [2.75, 3.05) is 18.9 Å². The molecule has 0 amide bonds. The fraction of sp³-hybridized carbons (Fsp3) is 0.263. The smallest absolute Gasteiger partial charge is 0.338 e. The number of carbonyl (C=O) groups excluding carboxylic acids is 2. The van der Waals surface area contributed by atoms with Crippen LogP contribution < -0.4 is 4.72 Å². The predicted octanol–water partition coefficient (Wildman–Crippen LogP) is 3.85. The number of hydrogen-bond donors (Lipinski definition) is 1. The molecule has 0 aromatic heterocycles. The lowest BCUT2D eigenvalue weighted by molar-refractivity contribution is -0.139. The third kappa shape index (κ3) is 5.94. The van der Waals surface area contributed by atoms with E-state index in [1.54, 1.807) is 18.2 Å². The van der Waals surface area contributed by atoms with Gasteiger partial charge >= 0.3 is 11.9 Å². The maximum Gasteiger partial charge on any atom is 0.338 e. The highest BCUT2D eigenvalue weighted by Gasteiger charge is 2.23. The largest absolute Gasteiger partial charge is 0.469 e. The van der Waals surface area contributed by atoms with Crippen LogP contribution >= 0.6 is 27.5 Å². The first kappa shape index (κ1) is 23.2. The molecule has 2 aromatic carbocycles. The lowest BCUT2D eigenvalue weighted by Gasteiger charge is -2.15. The van der Waals surface area contributed by atoms with Crippen LogP contribution in [-0.2, 0) is 36.5 Å². The van der Waals surface area contributed by atoms with E-state index < -0.39 is 27.7 Å². The van der Waals surface area contributed by atoms with Crippen LogP contribution in [0.4, 0.5) is 5.69 Å². The first-order valence-electron chi connectivity index (χ1n) is 8.30. The maximum absolute atomic E-state index is 12.8. The number of anilines is 1. The molecule has 0 unspecified atom stereocenters. The summed E-state index contributed by atoms with van der Waals surface area (Å²) in [4.78, 5) is 23.7. The van der Waals surface area contributed by atoms with Gasteiger partial charge in [0, 0.05) is 4.47 Å². The van der Waals surface area contributed by atoms with Crippen LogP contribution in [0.25, 0.3) is 0 Å². The van der Waals surface area contributed by atoms with E-state index in [1.807, 2.05) is 6.92 Å². The number of methoxy groups -OCH3 is 2. The van der Waals surface area contributed by atoms with E-state index in [1.165, 1.54) is 26.4 Å². The molecule has 7 nitrogen and oxygen atoms in total. The van der Waals surface area contributed by atoms with Gasteiger partial charge < -0.3 is 9.47 Å². The molecule has 0 aliphatic heterocycles. The Morgan fingerprint density at radius 1 is 1.14 bits per heavy atom. The van der Waals surface area contributed by atoms with Gasteiger partial charge in [0.15, 0.2) is 0 Å². The Balaban J connectivity index is 2.41. The molecule has 0 atom stereocenters. The number of aryl methyl sites for hydroxylation is 1. The summed E-state index contributed by atoms with van der Waals surface area (Å²) in [5.41, 5.74) is 1.82. The molecule has 10 heteroatoms. The molecule has 0 radical (unpaired) electrons. The topological polar surface area (TPSA) is 98.8 Å². The normalized spacial score (nSPS) is 11.1. The van der Waals surface area contributed by atoms with E-state index in [4.69, 9.17) is 16.3 Å². The van der Waals surface area contributed by atoms with Crippen LogP contribution in [0.15, 0.2) is 34.8 Å². The number of hydrogen-bond acceptors (Lipinski definition) is 6.